The van der Waals surface area contributed by atoms with E-state index in [1.54, 1.807) is 6.07 Å². The minimum absolute atomic E-state index is 0.125. The average Bonchev–Trinajstić information content (AvgIpc) is 3.36. The number of anilines is 1. The smallest absolute Gasteiger partial charge is 0.317 e. The fraction of sp³-hybridized carbons (Fsp3) is 0.667. The van der Waals surface area contributed by atoms with Crippen LogP contribution in [0.3, 0.4) is 0 Å². The molecule has 8 heteroatoms. The summed E-state index contributed by atoms with van der Waals surface area (Å²) in [5.74, 6) is 0.676. The Hall–Kier alpha value is -1.68. The Balaban J connectivity index is 1.21. The largest absolute Gasteiger partial charge is 0.366 e. The molecule has 1 saturated carbocycles. The third kappa shape index (κ3) is 5.62. The third-order valence-corrected chi connectivity index (χ3v) is 8.11. The molecule has 1 aromatic rings. The number of likely N-dealkylation sites (tertiary alicyclic amines) is 1. The van der Waals surface area contributed by atoms with E-state index in [4.69, 9.17) is 23.2 Å². The van der Waals surface area contributed by atoms with Crippen LogP contribution in [0.2, 0.25) is 10.0 Å². The molecule has 32 heavy (non-hydrogen) atoms. The van der Waals surface area contributed by atoms with Gasteiger partial charge in [-0.3, -0.25) is 4.90 Å². The number of amides is 2. The predicted molar refractivity (Wildman–Crippen MR) is 129 cm³/mol. The van der Waals surface area contributed by atoms with E-state index in [9.17, 15) is 10.1 Å². The van der Waals surface area contributed by atoms with Gasteiger partial charge in [-0.05, 0) is 69.5 Å². The van der Waals surface area contributed by atoms with Gasteiger partial charge in [0.1, 0.15) is 6.04 Å². The van der Waals surface area contributed by atoms with Crippen LogP contribution in [0, 0.1) is 17.2 Å². The summed E-state index contributed by atoms with van der Waals surface area (Å²) in [6.45, 7) is 5.09. The Morgan fingerprint density at radius 1 is 1.09 bits per heavy atom. The quantitative estimate of drug-likeness (QED) is 0.663. The number of rotatable bonds is 5. The van der Waals surface area contributed by atoms with E-state index >= 15 is 0 Å². The molecule has 0 spiro atoms. The highest BCUT2D eigenvalue weighted by Crippen LogP contribution is 2.34. The molecular formula is C24H33Cl2N5O. The van der Waals surface area contributed by atoms with E-state index in [0.717, 1.165) is 83.4 Å². The number of hydrogen-bond donors (Lipinski definition) is 1. The van der Waals surface area contributed by atoms with Crippen molar-refractivity contribution >= 4 is 34.9 Å². The van der Waals surface area contributed by atoms with E-state index in [1.807, 2.05) is 17.0 Å². The first-order chi connectivity index (χ1) is 15.5. The maximum absolute atomic E-state index is 12.3. The lowest BCUT2D eigenvalue weighted by atomic mass is 9.84. The Labute approximate surface area is 201 Å². The number of nitrogens with one attached hydrogen (secondary N) is 1. The number of piperazine rings is 1. The molecule has 0 radical (unpaired) electrons. The van der Waals surface area contributed by atoms with Crippen LogP contribution in [0.4, 0.5) is 10.5 Å². The molecule has 1 atom stereocenters. The van der Waals surface area contributed by atoms with Crippen molar-refractivity contribution < 1.29 is 4.79 Å². The lowest BCUT2D eigenvalue weighted by Crippen LogP contribution is -2.53. The summed E-state index contributed by atoms with van der Waals surface area (Å²) in [5.41, 5.74) is 0.911. The number of urea groups is 1. The van der Waals surface area contributed by atoms with Gasteiger partial charge in [-0.2, -0.15) is 5.26 Å². The zero-order valence-corrected chi connectivity index (χ0v) is 20.1. The first-order valence-electron chi connectivity index (χ1n) is 11.9. The van der Waals surface area contributed by atoms with Crippen LogP contribution in [0.1, 0.15) is 44.9 Å². The summed E-state index contributed by atoms with van der Waals surface area (Å²) in [6.07, 6.45) is 7.80. The number of hydrogen-bond acceptors (Lipinski definition) is 4. The first-order valence-corrected chi connectivity index (χ1v) is 12.7. The number of nitrogens with zero attached hydrogens (tertiary/aromatic N) is 4. The Kier molecular flexibility index (Phi) is 8.04. The molecule has 4 rings (SSSR count). The van der Waals surface area contributed by atoms with Crippen molar-refractivity contribution in [1.29, 1.82) is 5.26 Å². The van der Waals surface area contributed by atoms with Gasteiger partial charge >= 0.3 is 6.03 Å². The summed E-state index contributed by atoms with van der Waals surface area (Å²) in [5, 5.41) is 14.1. The van der Waals surface area contributed by atoms with Crippen LogP contribution >= 0.6 is 23.2 Å². The highest BCUT2D eigenvalue weighted by molar-refractivity contribution is 6.43. The summed E-state index contributed by atoms with van der Waals surface area (Å²) in [4.78, 5) is 18.8. The second-order valence-corrected chi connectivity index (χ2v) is 10.1. The molecule has 2 saturated heterocycles. The summed E-state index contributed by atoms with van der Waals surface area (Å²) in [7, 11) is 0. The van der Waals surface area contributed by atoms with Crippen molar-refractivity contribution in [2.24, 2.45) is 5.92 Å². The molecule has 1 aliphatic carbocycles. The minimum Gasteiger partial charge on any atom is -0.366 e. The molecule has 6 nitrogen and oxygen atoms in total. The van der Waals surface area contributed by atoms with Crippen molar-refractivity contribution in [2.75, 3.05) is 44.2 Å². The van der Waals surface area contributed by atoms with E-state index in [1.165, 1.54) is 0 Å². The van der Waals surface area contributed by atoms with Crippen LogP contribution in [-0.2, 0) is 0 Å². The number of halogens is 2. The molecule has 2 aliphatic heterocycles. The average molecular weight is 478 g/mol. The van der Waals surface area contributed by atoms with Gasteiger partial charge in [0, 0.05) is 38.8 Å². The topological polar surface area (TPSA) is 62.6 Å². The number of carbonyl (C=O) groups is 1. The van der Waals surface area contributed by atoms with Gasteiger partial charge in [0.05, 0.1) is 21.8 Å². The number of carbonyl (C=O) groups excluding carboxylic acids is 1. The lowest BCUT2D eigenvalue weighted by Gasteiger charge is -2.40. The van der Waals surface area contributed by atoms with Crippen molar-refractivity contribution in [2.45, 2.75) is 57.0 Å². The third-order valence-electron chi connectivity index (χ3n) is 7.30. The van der Waals surface area contributed by atoms with E-state index in [0.29, 0.717) is 28.5 Å². The maximum atomic E-state index is 12.3. The summed E-state index contributed by atoms with van der Waals surface area (Å²) >= 11 is 12.6. The molecule has 1 aromatic carbocycles. The fourth-order valence-corrected chi connectivity index (χ4v) is 5.71. The lowest BCUT2D eigenvalue weighted by molar-refractivity contribution is 0.176. The van der Waals surface area contributed by atoms with E-state index in [-0.39, 0.29) is 12.1 Å². The zero-order valence-electron chi connectivity index (χ0n) is 18.6. The van der Waals surface area contributed by atoms with Gasteiger partial charge in [-0.15, -0.1) is 0 Å². The van der Waals surface area contributed by atoms with Gasteiger partial charge in [0.15, 0.2) is 0 Å². The van der Waals surface area contributed by atoms with Crippen LogP contribution < -0.4 is 10.2 Å². The van der Waals surface area contributed by atoms with Gasteiger partial charge < -0.3 is 15.1 Å². The monoisotopic (exact) mass is 477 g/mol. The molecular weight excluding hydrogens is 445 g/mol. The van der Waals surface area contributed by atoms with E-state index in [2.05, 4.69) is 21.2 Å². The van der Waals surface area contributed by atoms with Crippen molar-refractivity contribution in [1.82, 2.24) is 15.1 Å². The van der Waals surface area contributed by atoms with Gasteiger partial charge in [0.2, 0.25) is 0 Å². The fourth-order valence-electron chi connectivity index (χ4n) is 5.30. The molecule has 3 aliphatic rings. The van der Waals surface area contributed by atoms with Crippen molar-refractivity contribution in [3.05, 3.63) is 28.2 Å². The molecule has 0 bridgehead atoms. The van der Waals surface area contributed by atoms with E-state index < -0.39 is 0 Å². The second-order valence-electron chi connectivity index (χ2n) is 9.35. The van der Waals surface area contributed by atoms with Gasteiger partial charge in [0.25, 0.3) is 0 Å². The maximum Gasteiger partial charge on any atom is 0.317 e. The predicted octanol–water partition coefficient (Wildman–Crippen LogP) is 4.76. The molecule has 1 N–H and O–H groups in total. The zero-order chi connectivity index (χ0) is 22.5. The molecule has 2 amide bonds. The van der Waals surface area contributed by atoms with Crippen LogP contribution in [0.5, 0.6) is 0 Å². The molecule has 1 unspecified atom stereocenters. The summed E-state index contributed by atoms with van der Waals surface area (Å²) < 4.78 is 0. The normalized spacial score (nSPS) is 26.7. The molecule has 2 heterocycles. The molecule has 0 aromatic heterocycles. The Morgan fingerprint density at radius 3 is 2.56 bits per heavy atom. The van der Waals surface area contributed by atoms with Crippen LogP contribution in [0.25, 0.3) is 0 Å². The minimum atomic E-state index is -0.144. The summed E-state index contributed by atoms with van der Waals surface area (Å²) in [6, 6.07) is 8.45. The van der Waals surface area contributed by atoms with Crippen molar-refractivity contribution in [3.63, 3.8) is 0 Å². The Bertz CT molecular complexity index is 830. The van der Waals surface area contributed by atoms with Gasteiger partial charge in [-0.25, -0.2) is 4.79 Å². The SMILES string of the molecule is N#CC1CN(c2cccc(Cl)c2Cl)CCN1CCC1CCC(NC(=O)N2CCCC2)CC1. The van der Waals surface area contributed by atoms with Crippen molar-refractivity contribution in [3.8, 4) is 6.07 Å². The van der Waals surface area contributed by atoms with Crippen LogP contribution in [-0.4, -0.2) is 67.2 Å². The second kappa shape index (κ2) is 11.0. The number of nitriles is 1. The standard InChI is InChI=1S/C24H33Cl2N5O/c25-21-4-3-5-22(23(21)26)31-15-14-29(20(16-27)17-31)13-10-18-6-8-19(9-7-18)28-24(32)30-11-1-2-12-30/h3-5,18-20H,1-2,6-15,17H2,(H,28,32). The van der Waals surface area contributed by atoms with Gasteiger partial charge in [-0.1, -0.05) is 29.3 Å². The van der Waals surface area contributed by atoms with Crippen LogP contribution in [0.15, 0.2) is 18.2 Å². The first kappa shape index (κ1) is 23.5. The Morgan fingerprint density at radius 2 is 1.84 bits per heavy atom. The molecule has 3 fully saturated rings. The molecule has 174 valence electrons. The highest BCUT2D eigenvalue weighted by Gasteiger charge is 2.30. The highest BCUT2D eigenvalue weighted by atomic mass is 35.5. The number of benzene rings is 1.